The van der Waals surface area contributed by atoms with E-state index in [0.29, 0.717) is 13.2 Å². The number of halogens is 1. The van der Waals surface area contributed by atoms with E-state index in [4.69, 9.17) is 16.3 Å². The van der Waals surface area contributed by atoms with Crippen LogP contribution in [0.1, 0.15) is 5.56 Å². The average molecular weight is 270 g/mol. The molecule has 0 unspecified atom stereocenters. The van der Waals surface area contributed by atoms with E-state index in [0.717, 1.165) is 5.56 Å². The summed E-state index contributed by atoms with van der Waals surface area (Å²) in [7, 11) is 0. The van der Waals surface area contributed by atoms with Crippen LogP contribution in [0.2, 0.25) is 0 Å². The van der Waals surface area contributed by atoms with E-state index >= 15 is 0 Å². The van der Waals surface area contributed by atoms with Crippen LogP contribution in [0.4, 0.5) is 0 Å². The first-order valence-electron chi connectivity index (χ1n) is 5.87. The summed E-state index contributed by atoms with van der Waals surface area (Å²) in [6.45, 7) is 1.07. The van der Waals surface area contributed by atoms with Gasteiger partial charge in [-0.25, -0.2) is 0 Å². The topological polar surface area (TPSA) is 49.8 Å². The molecule has 0 aromatic heterocycles. The van der Waals surface area contributed by atoms with Gasteiger partial charge >= 0.3 is 0 Å². The number of carbonyl (C=O) groups is 1. The van der Waals surface area contributed by atoms with Crippen molar-refractivity contribution in [3.05, 3.63) is 35.9 Å². The highest BCUT2D eigenvalue weighted by Gasteiger charge is 2.34. The fraction of sp³-hybridized carbons (Fsp3) is 0.462. The van der Waals surface area contributed by atoms with Gasteiger partial charge in [0.15, 0.2) is 0 Å². The van der Waals surface area contributed by atoms with E-state index in [1.165, 1.54) is 0 Å². The monoisotopic (exact) mass is 269 g/mol. The van der Waals surface area contributed by atoms with Crippen LogP contribution in [-0.2, 0) is 16.1 Å². The van der Waals surface area contributed by atoms with Crippen molar-refractivity contribution in [1.29, 1.82) is 0 Å². The molecule has 18 heavy (non-hydrogen) atoms. The smallest absolute Gasteiger partial charge is 0.238 e. The van der Waals surface area contributed by atoms with Crippen molar-refractivity contribution in [2.45, 2.75) is 18.7 Å². The van der Waals surface area contributed by atoms with Crippen molar-refractivity contribution in [3.8, 4) is 0 Å². The largest absolute Gasteiger partial charge is 0.388 e. The second-order valence-electron chi connectivity index (χ2n) is 4.31. The predicted molar refractivity (Wildman–Crippen MR) is 68.3 cm³/mol. The Kier molecular flexibility index (Phi) is 4.58. The number of rotatable bonds is 4. The molecule has 1 aliphatic rings. The Hall–Kier alpha value is -1.10. The molecule has 1 fully saturated rings. The summed E-state index contributed by atoms with van der Waals surface area (Å²) in [6.07, 6.45) is -0.638. The summed E-state index contributed by atoms with van der Waals surface area (Å²) in [6, 6.07) is 9.33. The van der Waals surface area contributed by atoms with Gasteiger partial charge in [-0.1, -0.05) is 30.3 Å². The van der Waals surface area contributed by atoms with E-state index in [2.05, 4.69) is 0 Å². The Labute approximate surface area is 111 Å². The van der Waals surface area contributed by atoms with E-state index in [1.54, 1.807) is 4.90 Å². The molecule has 0 bridgehead atoms. The number of benzene rings is 1. The summed E-state index contributed by atoms with van der Waals surface area (Å²) in [5.41, 5.74) is 1.01. The molecule has 0 spiro atoms. The van der Waals surface area contributed by atoms with Gasteiger partial charge in [0, 0.05) is 6.54 Å². The Morgan fingerprint density at radius 1 is 1.39 bits per heavy atom. The third-order valence-corrected chi connectivity index (χ3v) is 3.28. The lowest BCUT2D eigenvalue weighted by atomic mass is 10.1. The standard InChI is InChI=1S/C13H16ClNO3/c14-6-13(17)15(11-8-18-9-12(11)16)7-10-4-2-1-3-5-10/h1-5,11-12,16H,6-9H2/t11-,12-/m1/s1. The van der Waals surface area contributed by atoms with Crippen molar-refractivity contribution in [2.75, 3.05) is 19.1 Å². The third-order valence-electron chi connectivity index (χ3n) is 3.05. The first-order valence-corrected chi connectivity index (χ1v) is 6.41. The summed E-state index contributed by atoms with van der Waals surface area (Å²) in [5.74, 6) is -0.272. The number of aliphatic hydroxyl groups excluding tert-OH is 1. The first-order chi connectivity index (χ1) is 8.72. The van der Waals surface area contributed by atoms with Gasteiger partial charge in [-0.2, -0.15) is 0 Å². The highest BCUT2D eigenvalue weighted by Crippen LogP contribution is 2.17. The summed E-state index contributed by atoms with van der Waals surface area (Å²) < 4.78 is 5.20. The van der Waals surface area contributed by atoms with Crippen LogP contribution in [0.15, 0.2) is 30.3 Å². The van der Waals surface area contributed by atoms with Gasteiger partial charge in [0.2, 0.25) is 5.91 Å². The molecular formula is C13H16ClNO3. The molecule has 1 heterocycles. The van der Waals surface area contributed by atoms with Crippen LogP contribution in [0.3, 0.4) is 0 Å². The number of carbonyl (C=O) groups excluding carboxylic acids is 1. The van der Waals surface area contributed by atoms with Crippen LogP contribution in [-0.4, -0.2) is 47.2 Å². The number of hydrogen-bond donors (Lipinski definition) is 1. The van der Waals surface area contributed by atoms with Crippen LogP contribution in [0, 0.1) is 0 Å². The minimum absolute atomic E-state index is 0.0872. The molecule has 0 radical (unpaired) electrons. The Morgan fingerprint density at radius 3 is 2.67 bits per heavy atom. The van der Waals surface area contributed by atoms with E-state index < -0.39 is 6.10 Å². The Balaban J connectivity index is 2.13. The maximum atomic E-state index is 11.9. The van der Waals surface area contributed by atoms with Gasteiger partial charge in [0.05, 0.1) is 25.4 Å². The van der Waals surface area contributed by atoms with Crippen molar-refractivity contribution in [2.24, 2.45) is 0 Å². The number of alkyl halides is 1. The fourth-order valence-corrected chi connectivity index (χ4v) is 2.23. The lowest BCUT2D eigenvalue weighted by Crippen LogP contribution is -2.46. The number of hydrogen-bond acceptors (Lipinski definition) is 3. The lowest BCUT2D eigenvalue weighted by Gasteiger charge is -2.29. The minimum atomic E-state index is -0.638. The quantitative estimate of drug-likeness (QED) is 0.830. The molecule has 1 aromatic rings. The third kappa shape index (κ3) is 3.02. The van der Waals surface area contributed by atoms with Gasteiger partial charge in [0.25, 0.3) is 0 Å². The SMILES string of the molecule is O=C(CCl)N(Cc1ccccc1)[C@@H]1COC[C@H]1O. The van der Waals surface area contributed by atoms with Gasteiger partial charge < -0.3 is 14.7 Å². The summed E-state index contributed by atoms with van der Waals surface area (Å²) in [4.78, 5) is 13.5. The Morgan fingerprint density at radius 2 is 2.11 bits per heavy atom. The summed E-state index contributed by atoms with van der Waals surface area (Å²) in [5, 5.41) is 9.82. The molecule has 2 atom stereocenters. The first kappa shape index (κ1) is 13.3. The highest BCUT2D eigenvalue weighted by atomic mass is 35.5. The molecule has 1 saturated heterocycles. The van der Waals surface area contributed by atoms with Crippen LogP contribution in [0.5, 0.6) is 0 Å². The number of aliphatic hydroxyl groups is 1. The molecule has 0 saturated carbocycles. The molecule has 0 aliphatic carbocycles. The zero-order valence-electron chi connectivity index (χ0n) is 9.96. The van der Waals surface area contributed by atoms with Crippen LogP contribution >= 0.6 is 11.6 Å². The molecule has 1 aromatic carbocycles. The average Bonchev–Trinajstić information content (AvgIpc) is 2.82. The Bertz CT molecular complexity index is 398. The molecule has 98 valence electrons. The molecule has 1 amide bonds. The van der Waals surface area contributed by atoms with E-state index in [9.17, 15) is 9.90 Å². The van der Waals surface area contributed by atoms with Crippen molar-refractivity contribution < 1.29 is 14.6 Å². The van der Waals surface area contributed by atoms with Crippen LogP contribution in [0.25, 0.3) is 0 Å². The number of ether oxygens (including phenoxy) is 1. The van der Waals surface area contributed by atoms with Crippen molar-refractivity contribution in [3.63, 3.8) is 0 Å². The van der Waals surface area contributed by atoms with Crippen molar-refractivity contribution >= 4 is 17.5 Å². The van der Waals surface area contributed by atoms with Gasteiger partial charge in [-0.05, 0) is 5.56 Å². The maximum absolute atomic E-state index is 11.9. The van der Waals surface area contributed by atoms with Crippen LogP contribution < -0.4 is 0 Å². The molecule has 2 rings (SSSR count). The van der Waals surface area contributed by atoms with Gasteiger partial charge in [-0.15, -0.1) is 11.6 Å². The fourth-order valence-electron chi connectivity index (χ4n) is 2.08. The van der Waals surface area contributed by atoms with E-state index in [1.807, 2.05) is 30.3 Å². The van der Waals surface area contributed by atoms with E-state index in [-0.39, 0.29) is 24.4 Å². The lowest BCUT2D eigenvalue weighted by molar-refractivity contribution is -0.133. The maximum Gasteiger partial charge on any atom is 0.238 e. The minimum Gasteiger partial charge on any atom is -0.388 e. The summed E-state index contributed by atoms with van der Waals surface area (Å²) >= 11 is 5.63. The molecule has 5 heteroatoms. The van der Waals surface area contributed by atoms with Gasteiger partial charge in [-0.3, -0.25) is 4.79 Å². The molecule has 1 N–H and O–H groups in total. The van der Waals surface area contributed by atoms with Gasteiger partial charge in [0.1, 0.15) is 5.88 Å². The second-order valence-corrected chi connectivity index (χ2v) is 4.58. The number of nitrogens with zero attached hydrogens (tertiary/aromatic N) is 1. The highest BCUT2D eigenvalue weighted by molar-refractivity contribution is 6.27. The zero-order valence-corrected chi connectivity index (χ0v) is 10.7. The molecule has 1 aliphatic heterocycles. The second kappa shape index (κ2) is 6.18. The van der Waals surface area contributed by atoms with Crippen molar-refractivity contribution in [1.82, 2.24) is 4.90 Å². The molecular weight excluding hydrogens is 254 g/mol. The number of amides is 1. The molecule has 4 nitrogen and oxygen atoms in total. The predicted octanol–water partition coefficient (Wildman–Crippen LogP) is 1.01. The normalized spacial score (nSPS) is 23.0. The zero-order chi connectivity index (χ0) is 13.0.